The van der Waals surface area contributed by atoms with Crippen LogP contribution in [0.5, 0.6) is 0 Å². The molecule has 5 heteroatoms. The Balaban J connectivity index is 2.66. The summed E-state index contributed by atoms with van der Waals surface area (Å²) in [5.74, 6) is -0.332. The number of hydrogen-bond donors (Lipinski definition) is 1. The van der Waals surface area contributed by atoms with Crippen LogP contribution in [0.25, 0.3) is 0 Å². The first kappa shape index (κ1) is 12.6. The van der Waals surface area contributed by atoms with Gasteiger partial charge in [0.1, 0.15) is 5.38 Å². The van der Waals surface area contributed by atoms with Crippen LogP contribution in [0.1, 0.15) is 6.92 Å². The predicted molar refractivity (Wildman–Crippen MR) is 65.0 cm³/mol. The van der Waals surface area contributed by atoms with Gasteiger partial charge in [-0.15, -0.1) is 23.2 Å². The van der Waals surface area contributed by atoms with Crippen molar-refractivity contribution in [3.63, 3.8) is 0 Å². The molecule has 0 bridgehead atoms. The summed E-state index contributed by atoms with van der Waals surface area (Å²) in [5.41, 5.74) is 0.607. The highest BCUT2D eigenvalue weighted by Gasteiger charge is 2.20. The summed E-state index contributed by atoms with van der Waals surface area (Å²) in [6.45, 7) is 1.66. The van der Waals surface area contributed by atoms with E-state index in [4.69, 9.17) is 34.8 Å². The third-order valence-electron chi connectivity index (χ3n) is 1.75. The number of anilines is 1. The van der Waals surface area contributed by atoms with Crippen molar-refractivity contribution in [1.82, 2.24) is 0 Å². The number of carbonyl (C=O) groups is 1. The van der Waals surface area contributed by atoms with Crippen LogP contribution in [-0.4, -0.2) is 16.7 Å². The molecule has 0 saturated heterocycles. The summed E-state index contributed by atoms with van der Waals surface area (Å²) in [6.07, 6.45) is 0. The Kier molecular flexibility index (Phi) is 4.71. The van der Waals surface area contributed by atoms with Crippen molar-refractivity contribution < 1.29 is 4.79 Å². The van der Waals surface area contributed by atoms with E-state index >= 15 is 0 Å². The van der Waals surface area contributed by atoms with Crippen molar-refractivity contribution in [2.75, 3.05) is 5.32 Å². The summed E-state index contributed by atoms with van der Waals surface area (Å²) < 4.78 is 0. The lowest BCUT2D eigenvalue weighted by atomic mass is 10.2. The molecule has 0 aromatic heterocycles. The van der Waals surface area contributed by atoms with Crippen molar-refractivity contribution >= 4 is 46.4 Å². The lowest BCUT2D eigenvalue weighted by molar-refractivity contribution is -0.115. The molecule has 2 nitrogen and oxygen atoms in total. The third kappa shape index (κ3) is 3.90. The first-order valence-electron chi connectivity index (χ1n) is 4.35. The molecular formula is C10H10Cl3NO. The van der Waals surface area contributed by atoms with Crippen LogP contribution >= 0.6 is 34.8 Å². The van der Waals surface area contributed by atoms with Gasteiger partial charge in [0, 0.05) is 10.7 Å². The van der Waals surface area contributed by atoms with Crippen LogP contribution in [0, 0.1) is 0 Å². The van der Waals surface area contributed by atoms with Gasteiger partial charge in [0.05, 0.1) is 5.38 Å². The molecule has 0 saturated carbocycles. The number of carbonyl (C=O) groups excluding carboxylic acids is 1. The van der Waals surface area contributed by atoms with Crippen LogP contribution < -0.4 is 5.32 Å². The Morgan fingerprint density at radius 3 is 2.60 bits per heavy atom. The lowest BCUT2D eigenvalue weighted by Gasteiger charge is -2.12. The maximum Gasteiger partial charge on any atom is 0.243 e. The zero-order valence-corrected chi connectivity index (χ0v) is 10.3. The molecule has 1 rings (SSSR count). The molecule has 1 amide bonds. The van der Waals surface area contributed by atoms with Crippen molar-refractivity contribution in [2.45, 2.75) is 17.7 Å². The number of halogens is 3. The van der Waals surface area contributed by atoms with Crippen LogP contribution in [-0.2, 0) is 4.79 Å². The molecule has 0 unspecified atom stereocenters. The molecule has 0 fully saturated rings. The van der Waals surface area contributed by atoms with E-state index in [2.05, 4.69) is 5.32 Å². The Morgan fingerprint density at radius 2 is 2.07 bits per heavy atom. The van der Waals surface area contributed by atoms with E-state index in [-0.39, 0.29) is 5.91 Å². The zero-order valence-electron chi connectivity index (χ0n) is 8.01. The van der Waals surface area contributed by atoms with Gasteiger partial charge in [-0.3, -0.25) is 4.79 Å². The molecule has 0 aliphatic heterocycles. The van der Waals surface area contributed by atoms with Gasteiger partial charge in [0.15, 0.2) is 0 Å². The van der Waals surface area contributed by atoms with Crippen molar-refractivity contribution in [3.05, 3.63) is 29.3 Å². The monoisotopic (exact) mass is 265 g/mol. The van der Waals surface area contributed by atoms with Crippen LogP contribution in [0.4, 0.5) is 5.69 Å². The van der Waals surface area contributed by atoms with Gasteiger partial charge < -0.3 is 5.32 Å². The molecule has 82 valence electrons. The smallest absolute Gasteiger partial charge is 0.243 e. The number of nitrogens with one attached hydrogen (secondary N) is 1. The molecular weight excluding hydrogens is 256 g/mol. The fourth-order valence-electron chi connectivity index (χ4n) is 0.986. The normalized spacial score (nSPS) is 14.4. The number of benzene rings is 1. The van der Waals surface area contributed by atoms with Gasteiger partial charge in [-0.2, -0.15) is 0 Å². The number of alkyl halides is 2. The second kappa shape index (κ2) is 5.59. The van der Waals surface area contributed by atoms with E-state index in [1.165, 1.54) is 0 Å². The van der Waals surface area contributed by atoms with Gasteiger partial charge in [-0.25, -0.2) is 0 Å². The highest BCUT2D eigenvalue weighted by atomic mass is 35.5. The minimum absolute atomic E-state index is 0.332. The van der Waals surface area contributed by atoms with E-state index in [9.17, 15) is 4.79 Å². The quantitative estimate of drug-likeness (QED) is 0.834. The van der Waals surface area contributed by atoms with Gasteiger partial charge in [-0.05, 0) is 25.1 Å². The van der Waals surface area contributed by atoms with E-state index in [0.29, 0.717) is 10.7 Å². The predicted octanol–water partition coefficient (Wildman–Crippen LogP) is 3.51. The molecule has 0 spiro atoms. The average molecular weight is 267 g/mol. The maximum atomic E-state index is 11.5. The van der Waals surface area contributed by atoms with Crippen molar-refractivity contribution in [1.29, 1.82) is 0 Å². The summed E-state index contributed by atoms with van der Waals surface area (Å²) in [5, 5.41) is 1.99. The number of hydrogen-bond acceptors (Lipinski definition) is 1. The average Bonchev–Trinajstić information content (AvgIpc) is 2.16. The minimum atomic E-state index is -0.759. The first-order chi connectivity index (χ1) is 7.00. The standard InChI is InChI=1S/C10H10Cl3NO/c1-6(11)9(13)10(15)14-8-4-2-3-7(12)5-8/h2-6,9H,1H3,(H,14,15)/t6-,9+/m1/s1. The number of amides is 1. The van der Waals surface area contributed by atoms with E-state index in [0.717, 1.165) is 0 Å². The van der Waals surface area contributed by atoms with E-state index in [1.807, 2.05) is 0 Å². The number of rotatable bonds is 3. The second-order valence-electron chi connectivity index (χ2n) is 3.08. The molecule has 0 radical (unpaired) electrons. The molecule has 0 aliphatic rings. The molecule has 15 heavy (non-hydrogen) atoms. The Hall–Kier alpha value is -0.440. The summed E-state index contributed by atoms with van der Waals surface area (Å²) in [7, 11) is 0. The summed E-state index contributed by atoms with van der Waals surface area (Å²) in [6, 6.07) is 6.83. The fourth-order valence-corrected chi connectivity index (χ4v) is 1.35. The highest BCUT2D eigenvalue weighted by molar-refractivity contribution is 6.38. The van der Waals surface area contributed by atoms with Crippen LogP contribution in [0.15, 0.2) is 24.3 Å². The second-order valence-corrected chi connectivity index (χ2v) is 4.67. The molecule has 0 heterocycles. The van der Waals surface area contributed by atoms with Crippen LogP contribution in [0.3, 0.4) is 0 Å². The zero-order chi connectivity index (χ0) is 11.4. The molecule has 1 aromatic rings. The maximum absolute atomic E-state index is 11.5. The molecule has 0 aliphatic carbocycles. The third-order valence-corrected chi connectivity index (χ3v) is 2.94. The SMILES string of the molecule is C[C@@H](Cl)[C@H](Cl)C(=O)Nc1cccc(Cl)c1. The first-order valence-corrected chi connectivity index (χ1v) is 5.60. The Morgan fingerprint density at radius 1 is 1.40 bits per heavy atom. The van der Waals surface area contributed by atoms with Crippen molar-refractivity contribution in [2.24, 2.45) is 0 Å². The van der Waals surface area contributed by atoms with Gasteiger partial charge in [-0.1, -0.05) is 17.7 Å². The van der Waals surface area contributed by atoms with Gasteiger partial charge >= 0.3 is 0 Å². The highest BCUT2D eigenvalue weighted by Crippen LogP contribution is 2.17. The van der Waals surface area contributed by atoms with Gasteiger partial charge in [0.25, 0.3) is 0 Å². The Labute approximate surface area is 104 Å². The summed E-state index contributed by atoms with van der Waals surface area (Å²) in [4.78, 5) is 11.5. The molecule has 1 N–H and O–H groups in total. The van der Waals surface area contributed by atoms with E-state index in [1.54, 1.807) is 31.2 Å². The topological polar surface area (TPSA) is 29.1 Å². The summed E-state index contributed by atoms with van der Waals surface area (Å²) >= 11 is 17.2. The molecule has 1 aromatic carbocycles. The van der Waals surface area contributed by atoms with Crippen LogP contribution in [0.2, 0.25) is 5.02 Å². The largest absolute Gasteiger partial charge is 0.325 e. The van der Waals surface area contributed by atoms with Crippen molar-refractivity contribution in [3.8, 4) is 0 Å². The Bertz CT molecular complexity index is 354. The lowest BCUT2D eigenvalue weighted by Crippen LogP contribution is -2.29. The minimum Gasteiger partial charge on any atom is -0.325 e. The van der Waals surface area contributed by atoms with E-state index < -0.39 is 10.8 Å². The van der Waals surface area contributed by atoms with Gasteiger partial charge in [0.2, 0.25) is 5.91 Å². The molecule has 2 atom stereocenters. The fraction of sp³-hybridized carbons (Fsp3) is 0.300.